The first kappa shape index (κ1) is 9.33. The summed E-state index contributed by atoms with van der Waals surface area (Å²) in [7, 11) is 0. The standard InChI is InChI=1S/C9H13FN4/c10-8-6-9(12-7-11-8)13-14-4-2-1-3-5-14/h6-7H,1-5H2,(H,11,12,13). The van der Waals surface area contributed by atoms with Crippen molar-refractivity contribution in [2.45, 2.75) is 19.3 Å². The lowest BCUT2D eigenvalue weighted by Crippen LogP contribution is -2.35. The Bertz CT molecular complexity index is 299. The Morgan fingerprint density at radius 2 is 2.00 bits per heavy atom. The molecule has 0 atom stereocenters. The van der Waals surface area contributed by atoms with Crippen molar-refractivity contribution < 1.29 is 4.39 Å². The quantitative estimate of drug-likeness (QED) is 0.726. The third-order valence-corrected chi connectivity index (χ3v) is 2.26. The smallest absolute Gasteiger partial charge is 0.218 e. The van der Waals surface area contributed by atoms with Gasteiger partial charge in [0.25, 0.3) is 0 Å². The fraction of sp³-hybridized carbons (Fsp3) is 0.556. The van der Waals surface area contributed by atoms with Crippen LogP contribution in [0.15, 0.2) is 12.4 Å². The van der Waals surface area contributed by atoms with E-state index in [4.69, 9.17) is 0 Å². The van der Waals surface area contributed by atoms with Crippen LogP contribution < -0.4 is 5.43 Å². The largest absolute Gasteiger partial charge is 0.303 e. The molecule has 0 bridgehead atoms. The number of hydrazine groups is 1. The molecular weight excluding hydrogens is 183 g/mol. The van der Waals surface area contributed by atoms with Crippen LogP contribution in [0, 0.1) is 5.95 Å². The Hall–Kier alpha value is -1.23. The minimum atomic E-state index is -0.500. The highest BCUT2D eigenvalue weighted by Crippen LogP contribution is 2.10. The first-order chi connectivity index (χ1) is 6.84. The van der Waals surface area contributed by atoms with Gasteiger partial charge in [-0.05, 0) is 12.8 Å². The number of aromatic nitrogens is 2. The molecule has 0 aromatic carbocycles. The summed E-state index contributed by atoms with van der Waals surface area (Å²) in [6.07, 6.45) is 4.86. The third-order valence-electron chi connectivity index (χ3n) is 2.26. The highest BCUT2D eigenvalue weighted by atomic mass is 19.1. The maximum absolute atomic E-state index is 12.7. The van der Waals surface area contributed by atoms with E-state index in [-0.39, 0.29) is 0 Å². The van der Waals surface area contributed by atoms with E-state index in [2.05, 4.69) is 20.4 Å². The van der Waals surface area contributed by atoms with E-state index in [1.807, 2.05) is 0 Å². The van der Waals surface area contributed by atoms with Gasteiger partial charge in [-0.3, -0.25) is 0 Å². The van der Waals surface area contributed by atoms with Crippen LogP contribution in [0.5, 0.6) is 0 Å². The molecular formula is C9H13FN4. The Kier molecular flexibility index (Phi) is 2.88. The lowest BCUT2D eigenvalue weighted by Gasteiger charge is -2.27. The van der Waals surface area contributed by atoms with Crippen molar-refractivity contribution >= 4 is 5.82 Å². The molecule has 0 amide bonds. The van der Waals surface area contributed by atoms with Gasteiger partial charge < -0.3 is 5.43 Å². The summed E-state index contributed by atoms with van der Waals surface area (Å²) in [6.45, 7) is 1.98. The molecule has 2 heterocycles. The summed E-state index contributed by atoms with van der Waals surface area (Å²) in [6, 6.07) is 1.30. The van der Waals surface area contributed by atoms with Gasteiger partial charge in [-0.25, -0.2) is 15.0 Å². The molecule has 76 valence electrons. The average Bonchev–Trinajstić information content (AvgIpc) is 2.19. The zero-order chi connectivity index (χ0) is 9.80. The van der Waals surface area contributed by atoms with E-state index in [0.29, 0.717) is 5.82 Å². The number of hydrogen-bond acceptors (Lipinski definition) is 4. The Morgan fingerprint density at radius 3 is 2.71 bits per heavy atom. The summed E-state index contributed by atoms with van der Waals surface area (Å²) in [5, 5.41) is 2.06. The second-order valence-electron chi connectivity index (χ2n) is 3.39. The summed E-state index contributed by atoms with van der Waals surface area (Å²) < 4.78 is 12.7. The average molecular weight is 196 g/mol. The van der Waals surface area contributed by atoms with Crippen LogP contribution in [0.2, 0.25) is 0 Å². The number of hydrogen-bond donors (Lipinski definition) is 1. The lowest BCUT2D eigenvalue weighted by atomic mass is 10.2. The van der Waals surface area contributed by atoms with Crippen molar-refractivity contribution in [3.05, 3.63) is 18.3 Å². The van der Waals surface area contributed by atoms with E-state index < -0.39 is 5.95 Å². The van der Waals surface area contributed by atoms with Gasteiger partial charge in [-0.2, -0.15) is 4.39 Å². The van der Waals surface area contributed by atoms with Crippen molar-refractivity contribution in [2.75, 3.05) is 18.5 Å². The van der Waals surface area contributed by atoms with E-state index in [0.717, 1.165) is 13.1 Å². The monoisotopic (exact) mass is 196 g/mol. The predicted molar refractivity (Wildman–Crippen MR) is 51.0 cm³/mol. The molecule has 0 aliphatic carbocycles. The maximum atomic E-state index is 12.7. The molecule has 14 heavy (non-hydrogen) atoms. The maximum Gasteiger partial charge on any atom is 0.218 e. The topological polar surface area (TPSA) is 41.0 Å². The van der Waals surface area contributed by atoms with Crippen LogP contribution in [0.4, 0.5) is 10.2 Å². The molecule has 0 unspecified atom stereocenters. The number of halogens is 1. The SMILES string of the molecule is Fc1cc(NN2CCCCC2)ncn1. The fourth-order valence-electron chi connectivity index (χ4n) is 1.56. The molecule has 1 aromatic heterocycles. The van der Waals surface area contributed by atoms with Crippen molar-refractivity contribution in [1.29, 1.82) is 0 Å². The molecule has 1 N–H and O–H groups in total. The summed E-state index contributed by atoms with van der Waals surface area (Å²) >= 11 is 0. The highest BCUT2D eigenvalue weighted by Gasteiger charge is 2.10. The Labute approximate surface area is 82.1 Å². The summed E-state index contributed by atoms with van der Waals surface area (Å²) in [4.78, 5) is 7.33. The van der Waals surface area contributed by atoms with Crippen LogP contribution in [-0.4, -0.2) is 28.1 Å². The molecule has 1 aliphatic rings. The second kappa shape index (κ2) is 4.32. The van der Waals surface area contributed by atoms with Crippen LogP contribution in [0.1, 0.15) is 19.3 Å². The first-order valence-corrected chi connectivity index (χ1v) is 4.84. The molecule has 1 fully saturated rings. The molecule has 0 radical (unpaired) electrons. The molecule has 1 aliphatic heterocycles. The molecule has 1 aromatic rings. The van der Waals surface area contributed by atoms with Gasteiger partial charge in [0.15, 0.2) is 0 Å². The van der Waals surface area contributed by atoms with Gasteiger partial charge in [0.05, 0.1) is 0 Å². The van der Waals surface area contributed by atoms with Gasteiger partial charge >= 0.3 is 0 Å². The number of piperidine rings is 1. The van der Waals surface area contributed by atoms with Crippen LogP contribution in [0.3, 0.4) is 0 Å². The van der Waals surface area contributed by atoms with Gasteiger partial charge in [-0.1, -0.05) is 6.42 Å². The van der Waals surface area contributed by atoms with Gasteiger partial charge in [-0.15, -0.1) is 0 Å². The van der Waals surface area contributed by atoms with E-state index in [9.17, 15) is 4.39 Å². The predicted octanol–water partition coefficient (Wildman–Crippen LogP) is 1.43. The number of nitrogens with one attached hydrogen (secondary N) is 1. The third kappa shape index (κ3) is 2.38. The van der Waals surface area contributed by atoms with E-state index >= 15 is 0 Å². The normalized spacial score (nSPS) is 18.1. The fourth-order valence-corrected chi connectivity index (χ4v) is 1.56. The lowest BCUT2D eigenvalue weighted by molar-refractivity contribution is 0.272. The number of anilines is 1. The molecule has 0 spiro atoms. The number of nitrogens with zero attached hydrogens (tertiary/aromatic N) is 3. The molecule has 2 rings (SSSR count). The van der Waals surface area contributed by atoms with Crippen molar-refractivity contribution in [2.24, 2.45) is 0 Å². The van der Waals surface area contributed by atoms with Crippen LogP contribution >= 0.6 is 0 Å². The summed E-state index contributed by atoms with van der Waals surface area (Å²) in [5.41, 5.74) is 3.06. The van der Waals surface area contributed by atoms with Gasteiger partial charge in [0.1, 0.15) is 12.1 Å². The number of rotatable bonds is 2. The van der Waals surface area contributed by atoms with E-state index in [1.54, 1.807) is 0 Å². The molecule has 0 saturated carbocycles. The van der Waals surface area contributed by atoms with E-state index in [1.165, 1.54) is 31.7 Å². The van der Waals surface area contributed by atoms with Gasteiger partial charge in [0, 0.05) is 19.2 Å². The Balaban J connectivity index is 1.95. The Morgan fingerprint density at radius 1 is 1.21 bits per heavy atom. The van der Waals surface area contributed by atoms with Crippen LogP contribution in [-0.2, 0) is 0 Å². The van der Waals surface area contributed by atoms with Crippen molar-refractivity contribution in [3.63, 3.8) is 0 Å². The zero-order valence-corrected chi connectivity index (χ0v) is 7.91. The van der Waals surface area contributed by atoms with Crippen molar-refractivity contribution in [1.82, 2.24) is 15.0 Å². The van der Waals surface area contributed by atoms with Crippen molar-refractivity contribution in [3.8, 4) is 0 Å². The molecule has 1 saturated heterocycles. The molecule has 5 heteroatoms. The minimum absolute atomic E-state index is 0.500. The van der Waals surface area contributed by atoms with Gasteiger partial charge in [0.2, 0.25) is 5.95 Å². The first-order valence-electron chi connectivity index (χ1n) is 4.84. The minimum Gasteiger partial charge on any atom is -0.303 e. The highest BCUT2D eigenvalue weighted by molar-refractivity contribution is 5.30. The second-order valence-corrected chi connectivity index (χ2v) is 3.39. The summed E-state index contributed by atoms with van der Waals surface area (Å²) in [5.74, 6) is 0.0268. The zero-order valence-electron chi connectivity index (χ0n) is 7.91. The van der Waals surface area contributed by atoms with Crippen LogP contribution in [0.25, 0.3) is 0 Å². The molecule has 4 nitrogen and oxygen atoms in total.